The van der Waals surface area contributed by atoms with Crippen molar-refractivity contribution in [1.82, 2.24) is 20.0 Å². The van der Waals surface area contributed by atoms with Crippen LogP contribution >= 0.6 is 24.0 Å². The molecule has 0 spiro atoms. The van der Waals surface area contributed by atoms with Gasteiger partial charge in [0.15, 0.2) is 5.96 Å². The predicted octanol–water partition coefficient (Wildman–Crippen LogP) is 2.50. The molecule has 1 unspecified atom stereocenters. The van der Waals surface area contributed by atoms with Crippen molar-refractivity contribution in [1.29, 1.82) is 0 Å². The second-order valence-corrected chi connectivity index (χ2v) is 8.18. The number of likely N-dealkylation sites (tertiary alicyclic amines) is 1. The van der Waals surface area contributed by atoms with E-state index < -0.39 is 12.7 Å². The number of hydrogen-bond acceptors (Lipinski definition) is 4. The van der Waals surface area contributed by atoms with Gasteiger partial charge in [0.25, 0.3) is 0 Å². The first-order valence-corrected chi connectivity index (χ1v) is 10.2. The van der Waals surface area contributed by atoms with Crippen molar-refractivity contribution in [3.8, 4) is 0 Å². The van der Waals surface area contributed by atoms with Crippen LogP contribution in [0.25, 0.3) is 0 Å². The van der Waals surface area contributed by atoms with Crippen molar-refractivity contribution in [2.45, 2.75) is 37.9 Å². The van der Waals surface area contributed by atoms with Gasteiger partial charge in [-0.2, -0.15) is 13.2 Å². The monoisotopic (exact) mass is 535 g/mol. The zero-order chi connectivity index (χ0) is 20.8. The van der Waals surface area contributed by atoms with Gasteiger partial charge in [-0.15, -0.1) is 24.0 Å². The van der Waals surface area contributed by atoms with Crippen molar-refractivity contribution in [2.75, 3.05) is 73.6 Å². The van der Waals surface area contributed by atoms with E-state index in [1.165, 1.54) is 4.90 Å². The summed E-state index contributed by atoms with van der Waals surface area (Å²) in [5.41, 5.74) is 0.0407. The number of aliphatic imine (C=N–C) groups is 1. The largest absolute Gasteiger partial charge is 0.401 e. The highest BCUT2D eigenvalue weighted by Crippen LogP contribution is 2.26. The van der Waals surface area contributed by atoms with Gasteiger partial charge in [-0.3, -0.25) is 9.89 Å². The Morgan fingerprint density at radius 3 is 2.45 bits per heavy atom. The van der Waals surface area contributed by atoms with Crippen LogP contribution in [0, 0.1) is 5.92 Å². The highest BCUT2D eigenvalue weighted by Gasteiger charge is 2.36. The fourth-order valence-electron chi connectivity index (χ4n) is 4.21. The molecule has 10 heteroatoms. The Labute approximate surface area is 190 Å². The van der Waals surface area contributed by atoms with Crippen LogP contribution in [0.4, 0.5) is 13.2 Å². The average Bonchev–Trinajstić information content (AvgIpc) is 3.09. The fraction of sp³-hybridized carbons (Fsp3) is 0.947. The molecule has 0 aliphatic carbocycles. The zero-order valence-corrected chi connectivity index (χ0v) is 20.4. The molecule has 0 radical (unpaired) electrons. The molecule has 0 aromatic heterocycles. The summed E-state index contributed by atoms with van der Waals surface area (Å²) in [6.45, 7) is 5.71. The van der Waals surface area contributed by atoms with Crippen LogP contribution in [0.1, 0.15) is 26.2 Å². The maximum atomic E-state index is 12.7. The summed E-state index contributed by atoms with van der Waals surface area (Å²) < 4.78 is 43.7. The second kappa shape index (κ2) is 11.9. The Balaban J connectivity index is 0.00000420. The van der Waals surface area contributed by atoms with Gasteiger partial charge in [-0.1, -0.05) is 6.92 Å². The summed E-state index contributed by atoms with van der Waals surface area (Å²) in [7, 11) is 5.97. The first-order chi connectivity index (χ1) is 13.2. The maximum Gasteiger partial charge on any atom is 0.401 e. The van der Waals surface area contributed by atoms with E-state index in [0.717, 1.165) is 58.1 Å². The van der Waals surface area contributed by atoms with Gasteiger partial charge >= 0.3 is 6.18 Å². The van der Waals surface area contributed by atoms with Crippen molar-refractivity contribution in [3.63, 3.8) is 0 Å². The van der Waals surface area contributed by atoms with Crippen molar-refractivity contribution < 1.29 is 17.9 Å². The Morgan fingerprint density at radius 2 is 1.93 bits per heavy atom. The molecule has 6 nitrogen and oxygen atoms in total. The summed E-state index contributed by atoms with van der Waals surface area (Å²) in [5.74, 6) is 1.07. The van der Waals surface area contributed by atoms with Crippen molar-refractivity contribution in [3.05, 3.63) is 0 Å². The van der Waals surface area contributed by atoms with E-state index in [2.05, 4.69) is 34.2 Å². The third-order valence-electron chi connectivity index (χ3n) is 6.11. The summed E-state index contributed by atoms with van der Waals surface area (Å²) in [6.07, 6.45) is -1.32. The molecule has 0 aromatic carbocycles. The molecular formula is C19H37F3IN5O. The van der Waals surface area contributed by atoms with Gasteiger partial charge in [-0.05, 0) is 45.8 Å². The van der Waals surface area contributed by atoms with Crippen molar-refractivity contribution in [2.24, 2.45) is 10.9 Å². The third kappa shape index (κ3) is 8.02. The fourth-order valence-corrected chi connectivity index (χ4v) is 4.21. The number of nitrogens with one attached hydrogen (secondary N) is 1. The van der Waals surface area contributed by atoms with Gasteiger partial charge < -0.3 is 19.9 Å². The highest BCUT2D eigenvalue weighted by molar-refractivity contribution is 14.0. The molecule has 0 amide bonds. The SMILES string of the molecule is CCN(CC1CCN(C(=NC)NCC2(N(C)C)CCOCC2)C1)CC(F)(F)F.I. The number of likely N-dealkylation sites (N-methyl/N-ethyl adjacent to an activating group) is 1. The number of alkyl halides is 3. The standard InChI is InChI=1S/C19H36F3N5O.HI/c1-5-26(15-19(20,21)22)12-16-6-9-27(13-16)17(23-2)24-14-18(25(3)4)7-10-28-11-8-18;/h16H,5-15H2,1-4H3,(H,23,24);1H. The maximum absolute atomic E-state index is 12.7. The summed E-state index contributed by atoms with van der Waals surface area (Å²) in [4.78, 5) is 10.4. The van der Waals surface area contributed by atoms with E-state index >= 15 is 0 Å². The minimum atomic E-state index is -4.14. The highest BCUT2D eigenvalue weighted by atomic mass is 127. The smallest absolute Gasteiger partial charge is 0.381 e. The minimum absolute atomic E-state index is 0. The number of guanidine groups is 1. The van der Waals surface area contributed by atoms with E-state index in [-0.39, 0.29) is 35.4 Å². The molecule has 2 rings (SSSR count). The van der Waals surface area contributed by atoms with Crippen LogP contribution in [0.5, 0.6) is 0 Å². The number of rotatable bonds is 7. The number of hydrogen-bond donors (Lipinski definition) is 1. The first kappa shape index (κ1) is 26.7. The Bertz CT molecular complexity index is 513. The quantitative estimate of drug-likeness (QED) is 0.309. The number of ether oxygens (including phenoxy) is 1. The average molecular weight is 535 g/mol. The molecule has 1 N–H and O–H groups in total. The zero-order valence-electron chi connectivity index (χ0n) is 18.1. The number of halogens is 4. The molecular weight excluding hydrogens is 498 g/mol. The molecule has 2 fully saturated rings. The minimum Gasteiger partial charge on any atom is -0.381 e. The van der Waals surface area contributed by atoms with Gasteiger partial charge in [0.2, 0.25) is 0 Å². The van der Waals surface area contributed by atoms with Gasteiger partial charge in [0.05, 0.1) is 6.54 Å². The summed E-state index contributed by atoms with van der Waals surface area (Å²) in [6, 6.07) is 0. The van der Waals surface area contributed by atoms with Crippen LogP contribution in [0.3, 0.4) is 0 Å². The molecule has 0 saturated carbocycles. The molecule has 172 valence electrons. The van der Waals surface area contributed by atoms with Gasteiger partial charge in [0, 0.05) is 52.0 Å². The second-order valence-electron chi connectivity index (χ2n) is 8.18. The molecule has 1 atom stereocenters. The van der Waals surface area contributed by atoms with Crippen molar-refractivity contribution >= 4 is 29.9 Å². The molecule has 0 aromatic rings. The lowest BCUT2D eigenvalue weighted by Crippen LogP contribution is -2.57. The van der Waals surface area contributed by atoms with Crippen LogP contribution in [0.15, 0.2) is 4.99 Å². The van der Waals surface area contributed by atoms with Crippen LogP contribution in [-0.4, -0.2) is 106 Å². The molecule has 2 aliphatic rings. The van der Waals surface area contributed by atoms with Gasteiger partial charge in [-0.25, -0.2) is 0 Å². The lowest BCUT2D eigenvalue weighted by Gasteiger charge is -2.43. The number of nitrogens with zero attached hydrogens (tertiary/aromatic N) is 4. The van der Waals surface area contributed by atoms with E-state index in [1.54, 1.807) is 14.0 Å². The van der Waals surface area contributed by atoms with E-state index in [1.807, 2.05) is 0 Å². The molecule has 2 heterocycles. The lowest BCUT2D eigenvalue weighted by atomic mass is 9.88. The Morgan fingerprint density at radius 1 is 1.28 bits per heavy atom. The van der Waals surface area contributed by atoms with Crippen LogP contribution < -0.4 is 5.32 Å². The van der Waals surface area contributed by atoms with Crippen LogP contribution in [-0.2, 0) is 4.74 Å². The molecule has 29 heavy (non-hydrogen) atoms. The summed E-state index contributed by atoms with van der Waals surface area (Å²) in [5, 5.41) is 3.51. The third-order valence-corrected chi connectivity index (χ3v) is 6.11. The van der Waals surface area contributed by atoms with Crippen LogP contribution in [0.2, 0.25) is 0 Å². The molecule has 2 saturated heterocycles. The van der Waals surface area contributed by atoms with E-state index in [9.17, 15) is 13.2 Å². The Kier molecular flexibility index (Phi) is 11.0. The normalized spacial score (nSPS) is 22.9. The molecule has 0 bridgehead atoms. The van der Waals surface area contributed by atoms with E-state index in [4.69, 9.17) is 4.74 Å². The lowest BCUT2D eigenvalue weighted by molar-refractivity contribution is -0.146. The first-order valence-electron chi connectivity index (χ1n) is 10.2. The summed E-state index contributed by atoms with van der Waals surface area (Å²) >= 11 is 0. The Hall–Kier alpha value is -0.330. The van der Waals surface area contributed by atoms with E-state index in [0.29, 0.717) is 13.1 Å². The topological polar surface area (TPSA) is 43.3 Å². The van der Waals surface area contributed by atoms with Gasteiger partial charge in [0.1, 0.15) is 0 Å². The molecule has 2 aliphatic heterocycles. The predicted molar refractivity (Wildman–Crippen MR) is 121 cm³/mol.